The number of aromatic hydroxyl groups is 1. The number of fused-ring (bicyclic) bond motifs is 2. The lowest BCUT2D eigenvalue weighted by molar-refractivity contribution is -0.914. The Bertz CT molecular complexity index is 1740. The highest BCUT2D eigenvalue weighted by Crippen LogP contribution is 2.49. The minimum Gasteiger partial charge on any atom is -0.504 e. The summed E-state index contributed by atoms with van der Waals surface area (Å²) in [7, 11) is 9.53. The van der Waals surface area contributed by atoms with Crippen molar-refractivity contribution in [1.82, 2.24) is 0 Å². The molecule has 0 amide bonds. The van der Waals surface area contributed by atoms with Crippen LogP contribution in [0.15, 0.2) is 60.7 Å². The summed E-state index contributed by atoms with van der Waals surface area (Å²) in [6.45, 7) is 1.99. The highest BCUT2D eigenvalue weighted by Gasteiger charge is 2.37. The van der Waals surface area contributed by atoms with Crippen LogP contribution in [0.3, 0.4) is 0 Å². The zero-order chi connectivity index (χ0) is 31.2. The molecule has 0 radical (unpaired) electrons. The fourth-order valence-corrected chi connectivity index (χ4v) is 7.37. The van der Waals surface area contributed by atoms with Gasteiger partial charge >= 0.3 is 0 Å². The summed E-state index contributed by atoms with van der Waals surface area (Å²) >= 11 is 0. The first-order chi connectivity index (χ1) is 21.9. The van der Waals surface area contributed by atoms with E-state index >= 15 is 0 Å². The standard InChI is InChI=1S/C37H40N2O6/c1-38-14-12-24-19-32(41-3)33-21-27(24)28(38)16-22-6-9-26(10-7-22)44-31-18-23(8-11-30(31)40)17-29-35-25(13-15-39(29)2)20-34(42-4)36(43-5)37(35)45-33/h6-11,18-21,28-29,40H,12-17H2,1-5H3/p+2/t28-,29+/m0/s1. The normalized spacial score (nSPS) is 21.8. The molecule has 0 aromatic heterocycles. The van der Waals surface area contributed by atoms with E-state index in [9.17, 15) is 5.11 Å². The second kappa shape index (κ2) is 11.8. The molecule has 4 aliphatic rings. The Labute approximate surface area is 264 Å². The van der Waals surface area contributed by atoms with Gasteiger partial charge in [-0.1, -0.05) is 18.2 Å². The average Bonchev–Trinajstić information content (AvgIpc) is 3.05. The van der Waals surface area contributed by atoms with Gasteiger partial charge in [0, 0.05) is 31.2 Å². The lowest BCUT2D eigenvalue weighted by Crippen LogP contribution is -3.10. The third kappa shape index (κ3) is 5.32. The predicted octanol–water partition coefficient (Wildman–Crippen LogP) is 4.03. The summed E-state index contributed by atoms with van der Waals surface area (Å²) in [6, 6.07) is 20.6. The summed E-state index contributed by atoms with van der Waals surface area (Å²) in [6.07, 6.45) is 3.42. The predicted molar refractivity (Wildman–Crippen MR) is 171 cm³/mol. The van der Waals surface area contributed by atoms with Crippen molar-refractivity contribution in [2.24, 2.45) is 0 Å². The van der Waals surface area contributed by atoms with Crippen LogP contribution in [0.2, 0.25) is 0 Å². The number of nitrogens with one attached hydrogen (secondary N) is 2. The fourth-order valence-electron chi connectivity index (χ4n) is 7.37. The van der Waals surface area contributed by atoms with Crippen molar-refractivity contribution in [3.63, 3.8) is 0 Å². The minimum absolute atomic E-state index is 0.0473. The monoisotopic (exact) mass is 610 g/mol. The molecular formula is C37H42N2O6+2. The van der Waals surface area contributed by atoms with E-state index in [2.05, 4.69) is 44.4 Å². The Kier molecular flexibility index (Phi) is 7.71. The van der Waals surface area contributed by atoms with Crippen LogP contribution >= 0.6 is 0 Å². The van der Waals surface area contributed by atoms with Gasteiger partial charge in [-0.15, -0.1) is 0 Å². The first-order valence-corrected chi connectivity index (χ1v) is 15.8. The second-order valence-corrected chi connectivity index (χ2v) is 12.6. The third-order valence-corrected chi connectivity index (χ3v) is 9.93. The van der Waals surface area contributed by atoms with Crippen LogP contribution in [0.5, 0.6) is 46.0 Å². The molecule has 3 N–H and O–H groups in total. The number of hydrogen-bond donors (Lipinski definition) is 3. The zero-order valence-electron chi connectivity index (χ0n) is 26.7. The molecule has 4 atom stereocenters. The van der Waals surface area contributed by atoms with Crippen molar-refractivity contribution in [3.8, 4) is 46.0 Å². The number of benzene rings is 4. The molecular weight excluding hydrogens is 568 g/mol. The third-order valence-electron chi connectivity index (χ3n) is 9.93. The van der Waals surface area contributed by atoms with Crippen molar-refractivity contribution >= 4 is 0 Å². The topological polar surface area (TPSA) is 75.3 Å². The number of ether oxygens (including phenoxy) is 5. The number of rotatable bonds is 3. The molecule has 8 heteroatoms. The molecule has 4 aromatic rings. The SMILES string of the molecule is COc1cc2c3cc1Oc1c(OC)c(OC)cc4c1[C@@H](Cc1ccc(O)c(c1)Oc1ccc(cc1)C[C@@H]3[NH+](C)CC2)[NH+](C)CC4. The minimum atomic E-state index is 0.0473. The first kappa shape index (κ1) is 29.3. The molecule has 4 aliphatic heterocycles. The second-order valence-electron chi connectivity index (χ2n) is 12.6. The van der Waals surface area contributed by atoms with Gasteiger partial charge in [0.15, 0.2) is 34.5 Å². The quantitative estimate of drug-likeness (QED) is 0.326. The molecule has 8 nitrogen and oxygen atoms in total. The van der Waals surface area contributed by atoms with Gasteiger partial charge in [0.2, 0.25) is 5.75 Å². The smallest absolute Gasteiger partial charge is 0.204 e. The molecule has 45 heavy (non-hydrogen) atoms. The summed E-state index contributed by atoms with van der Waals surface area (Å²) < 4.78 is 31.1. The lowest BCUT2D eigenvalue weighted by atomic mass is 9.87. The number of quaternary nitrogens is 2. The summed E-state index contributed by atoms with van der Waals surface area (Å²) in [4.78, 5) is 2.82. The number of phenolic OH excluding ortho intramolecular Hbond substituents is 1. The van der Waals surface area contributed by atoms with E-state index in [4.69, 9.17) is 23.7 Å². The molecule has 0 saturated heterocycles. The van der Waals surface area contributed by atoms with Crippen molar-refractivity contribution < 1.29 is 38.6 Å². The van der Waals surface area contributed by atoms with Crippen LogP contribution in [-0.4, -0.2) is 53.6 Å². The van der Waals surface area contributed by atoms with Crippen LogP contribution in [0, 0.1) is 0 Å². The van der Waals surface area contributed by atoms with Crippen LogP contribution in [0.25, 0.3) is 0 Å². The van der Waals surface area contributed by atoms with Gasteiger partial charge < -0.3 is 38.6 Å². The van der Waals surface area contributed by atoms with E-state index in [1.54, 1.807) is 27.4 Å². The molecule has 8 rings (SSSR count). The maximum absolute atomic E-state index is 10.8. The molecule has 4 heterocycles. The molecule has 0 saturated carbocycles. The Morgan fingerprint density at radius 2 is 1.36 bits per heavy atom. The Morgan fingerprint density at radius 3 is 2.09 bits per heavy atom. The first-order valence-electron chi connectivity index (χ1n) is 15.8. The van der Waals surface area contributed by atoms with Crippen molar-refractivity contribution in [1.29, 1.82) is 0 Å². The summed E-state index contributed by atoms with van der Waals surface area (Å²) in [5, 5.41) is 10.8. The Hall–Kier alpha value is -4.40. The van der Waals surface area contributed by atoms with E-state index in [1.165, 1.54) is 32.1 Å². The van der Waals surface area contributed by atoms with Gasteiger partial charge in [-0.2, -0.15) is 0 Å². The summed E-state index contributed by atoms with van der Waals surface area (Å²) in [5.74, 6) is 4.51. The fraction of sp³-hybridized carbons (Fsp3) is 0.351. The van der Waals surface area contributed by atoms with Gasteiger partial charge in [0.05, 0.1) is 54.1 Å². The van der Waals surface area contributed by atoms with Gasteiger partial charge in [0.1, 0.15) is 17.8 Å². The van der Waals surface area contributed by atoms with E-state index in [0.717, 1.165) is 43.5 Å². The maximum atomic E-state index is 10.8. The van der Waals surface area contributed by atoms with E-state index in [0.29, 0.717) is 46.7 Å². The molecule has 234 valence electrons. The number of likely N-dealkylation sites (N-methyl/N-ethyl adjacent to an activating group) is 2. The van der Waals surface area contributed by atoms with Gasteiger partial charge in [-0.25, -0.2) is 0 Å². The molecule has 0 spiro atoms. The van der Waals surface area contributed by atoms with Gasteiger partial charge in [-0.3, -0.25) is 0 Å². The van der Waals surface area contributed by atoms with Crippen LogP contribution in [-0.2, 0) is 25.7 Å². The molecule has 6 bridgehead atoms. The van der Waals surface area contributed by atoms with Crippen LogP contribution in [0.4, 0.5) is 0 Å². The van der Waals surface area contributed by atoms with E-state index in [-0.39, 0.29) is 17.8 Å². The Balaban J connectivity index is 1.47. The average molecular weight is 611 g/mol. The van der Waals surface area contributed by atoms with Gasteiger partial charge in [0.25, 0.3) is 0 Å². The number of methoxy groups -OCH3 is 3. The lowest BCUT2D eigenvalue weighted by Gasteiger charge is -2.35. The number of hydrogen-bond acceptors (Lipinski definition) is 6. The summed E-state index contributed by atoms with van der Waals surface area (Å²) in [5.41, 5.74) is 7.11. The maximum Gasteiger partial charge on any atom is 0.204 e. The Morgan fingerprint density at radius 1 is 0.689 bits per heavy atom. The molecule has 0 fully saturated rings. The molecule has 0 aliphatic carbocycles. The number of phenols is 1. The largest absolute Gasteiger partial charge is 0.504 e. The van der Waals surface area contributed by atoms with Crippen LogP contribution in [0.1, 0.15) is 45.5 Å². The van der Waals surface area contributed by atoms with E-state index < -0.39 is 0 Å². The highest BCUT2D eigenvalue weighted by atomic mass is 16.5. The van der Waals surface area contributed by atoms with Crippen LogP contribution < -0.4 is 33.5 Å². The van der Waals surface area contributed by atoms with Crippen molar-refractivity contribution in [2.45, 2.75) is 37.8 Å². The highest BCUT2D eigenvalue weighted by molar-refractivity contribution is 5.63. The van der Waals surface area contributed by atoms with Gasteiger partial charge in [-0.05, 0) is 64.7 Å². The molecule has 2 unspecified atom stereocenters. The molecule has 4 aromatic carbocycles. The zero-order valence-corrected chi connectivity index (χ0v) is 26.7. The van der Waals surface area contributed by atoms with Crippen molar-refractivity contribution in [2.75, 3.05) is 48.5 Å². The van der Waals surface area contributed by atoms with E-state index in [1.807, 2.05) is 24.3 Å². The van der Waals surface area contributed by atoms with Crippen molar-refractivity contribution in [3.05, 3.63) is 94.0 Å².